The van der Waals surface area contributed by atoms with Crippen molar-refractivity contribution < 1.29 is 18.8 Å². The molecule has 1 aliphatic rings. The van der Waals surface area contributed by atoms with Crippen LogP contribution in [0, 0.1) is 11.8 Å². The topological polar surface area (TPSA) is 52.6 Å². The highest BCUT2D eigenvalue weighted by atomic mass is 28.4. The van der Waals surface area contributed by atoms with Crippen molar-refractivity contribution in [3.05, 3.63) is 24.3 Å². The van der Waals surface area contributed by atoms with Gasteiger partial charge < -0.3 is 9.16 Å². The van der Waals surface area contributed by atoms with Gasteiger partial charge in [-0.05, 0) is 58.2 Å². The van der Waals surface area contributed by atoms with E-state index in [4.69, 9.17) is 9.16 Å². The zero-order valence-electron chi connectivity index (χ0n) is 19.8. The van der Waals surface area contributed by atoms with E-state index in [0.717, 1.165) is 18.4 Å². The van der Waals surface area contributed by atoms with E-state index in [1.165, 1.54) is 0 Å². The standard InChI is InChI=1S/C24H42O4Si/c1-17(2)23-19(14-12-10-11-13-15-22(26)27-18(3)4)20(25)16-21(23)28-29(8,9)24(5,6)7/h10,12,18-19,21,23H,1,11,13-16H2,2-9H3/b12-10-/t19-,21+,23+/m0/s1. The Morgan fingerprint density at radius 2 is 1.90 bits per heavy atom. The van der Waals surface area contributed by atoms with Gasteiger partial charge in [0.2, 0.25) is 0 Å². The molecule has 29 heavy (non-hydrogen) atoms. The number of rotatable bonds is 10. The first-order valence-corrected chi connectivity index (χ1v) is 13.9. The molecule has 1 saturated carbocycles. The predicted octanol–water partition coefficient (Wildman–Crippen LogP) is 6.23. The number of ether oxygens (including phenoxy) is 1. The number of hydrogen-bond acceptors (Lipinski definition) is 4. The Balaban J connectivity index is 2.64. The molecular weight excluding hydrogens is 380 g/mol. The van der Waals surface area contributed by atoms with Gasteiger partial charge in [-0.1, -0.05) is 45.1 Å². The summed E-state index contributed by atoms with van der Waals surface area (Å²) >= 11 is 0. The lowest BCUT2D eigenvalue weighted by molar-refractivity contribution is -0.147. The largest absolute Gasteiger partial charge is 0.463 e. The van der Waals surface area contributed by atoms with Crippen LogP contribution in [0.25, 0.3) is 0 Å². The minimum atomic E-state index is -1.94. The zero-order chi connectivity index (χ0) is 22.4. The second-order valence-electron chi connectivity index (χ2n) is 10.2. The van der Waals surface area contributed by atoms with Gasteiger partial charge in [-0.15, -0.1) is 0 Å². The molecule has 0 aromatic carbocycles. The minimum Gasteiger partial charge on any atom is -0.463 e. The van der Waals surface area contributed by atoms with E-state index in [9.17, 15) is 9.59 Å². The van der Waals surface area contributed by atoms with E-state index in [1.54, 1.807) is 0 Å². The molecule has 0 aromatic heterocycles. The zero-order valence-corrected chi connectivity index (χ0v) is 20.8. The van der Waals surface area contributed by atoms with Gasteiger partial charge in [0.15, 0.2) is 8.32 Å². The van der Waals surface area contributed by atoms with Crippen LogP contribution in [-0.2, 0) is 18.8 Å². The van der Waals surface area contributed by atoms with Gasteiger partial charge in [0, 0.05) is 24.7 Å². The van der Waals surface area contributed by atoms with Crippen LogP contribution in [0.1, 0.15) is 73.6 Å². The Kier molecular flexibility index (Phi) is 9.54. The third kappa shape index (κ3) is 7.86. The summed E-state index contributed by atoms with van der Waals surface area (Å²) in [5.41, 5.74) is 1.04. The number of esters is 1. The van der Waals surface area contributed by atoms with E-state index in [2.05, 4.69) is 52.6 Å². The maximum atomic E-state index is 12.7. The van der Waals surface area contributed by atoms with E-state index >= 15 is 0 Å². The summed E-state index contributed by atoms with van der Waals surface area (Å²) in [6, 6.07) is 0. The molecule has 0 saturated heterocycles. The smallest absolute Gasteiger partial charge is 0.306 e. The Bertz CT molecular complexity index is 613. The molecule has 1 fully saturated rings. The fourth-order valence-corrected chi connectivity index (χ4v) is 4.93. The SMILES string of the molecule is C=C(C)[C@H]1[C@H](O[Si](C)(C)C(C)(C)C)CC(=O)[C@@H]1C/C=C\CCCC(=O)OC(C)C. The summed E-state index contributed by atoms with van der Waals surface area (Å²) < 4.78 is 11.8. The van der Waals surface area contributed by atoms with Gasteiger partial charge in [-0.25, -0.2) is 0 Å². The third-order valence-corrected chi connectivity index (χ3v) is 10.7. The van der Waals surface area contributed by atoms with Crippen molar-refractivity contribution in [2.75, 3.05) is 0 Å². The first kappa shape index (κ1) is 25.8. The first-order chi connectivity index (χ1) is 13.3. The molecule has 3 atom stereocenters. The van der Waals surface area contributed by atoms with Crippen molar-refractivity contribution in [3.63, 3.8) is 0 Å². The molecule has 0 aromatic rings. The van der Waals surface area contributed by atoms with Crippen molar-refractivity contribution >= 4 is 20.1 Å². The molecule has 1 aliphatic carbocycles. The molecule has 4 nitrogen and oxygen atoms in total. The Morgan fingerprint density at radius 3 is 2.41 bits per heavy atom. The second-order valence-corrected chi connectivity index (χ2v) is 15.0. The molecule has 166 valence electrons. The van der Waals surface area contributed by atoms with Crippen molar-refractivity contribution in [2.24, 2.45) is 11.8 Å². The molecule has 0 bridgehead atoms. The van der Waals surface area contributed by atoms with Gasteiger partial charge in [-0.3, -0.25) is 9.59 Å². The van der Waals surface area contributed by atoms with Crippen molar-refractivity contribution in [2.45, 2.75) is 104 Å². The van der Waals surface area contributed by atoms with Crippen LogP contribution in [0.5, 0.6) is 0 Å². The average Bonchev–Trinajstić information content (AvgIpc) is 2.83. The average molecular weight is 423 g/mol. The molecule has 0 spiro atoms. The number of ketones is 1. The van der Waals surface area contributed by atoms with Crippen LogP contribution in [0.15, 0.2) is 24.3 Å². The molecule has 1 rings (SSSR count). The van der Waals surface area contributed by atoms with Gasteiger partial charge in [-0.2, -0.15) is 0 Å². The Hall–Kier alpha value is -1.20. The monoisotopic (exact) mass is 422 g/mol. The van der Waals surface area contributed by atoms with Crippen LogP contribution in [0.3, 0.4) is 0 Å². The third-order valence-electron chi connectivity index (χ3n) is 6.15. The summed E-state index contributed by atoms with van der Waals surface area (Å²) in [4.78, 5) is 24.3. The normalized spacial score (nSPS) is 23.2. The molecule has 5 heteroatoms. The van der Waals surface area contributed by atoms with E-state index in [-0.39, 0.29) is 40.8 Å². The van der Waals surface area contributed by atoms with Crippen LogP contribution in [0.4, 0.5) is 0 Å². The molecule has 0 radical (unpaired) electrons. The lowest BCUT2D eigenvalue weighted by atomic mass is 9.86. The molecule has 0 heterocycles. The lowest BCUT2D eigenvalue weighted by Crippen LogP contribution is -2.45. The predicted molar refractivity (Wildman–Crippen MR) is 122 cm³/mol. The molecular formula is C24H42O4Si. The van der Waals surface area contributed by atoms with Gasteiger partial charge in [0.1, 0.15) is 5.78 Å². The van der Waals surface area contributed by atoms with E-state index in [0.29, 0.717) is 19.3 Å². The molecule has 0 unspecified atom stereocenters. The highest BCUT2D eigenvalue weighted by Crippen LogP contribution is 2.44. The molecule has 0 N–H and O–H groups in total. The van der Waals surface area contributed by atoms with Gasteiger partial charge in [0.05, 0.1) is 12.2 Å². The minimum absolute atomic E-state index is 0.0508. The number of carbonyl (C=O) groups excluding carboxylic acids is 2. The fourth-order valence-electron chi connectivity index (χ4n) is 3.59. The number of Topliss-reactive ketones (excluding diaryl/α,β-unsaturated/α-hetero) is 1. The maximum absolute atomic E-state index is 12.7. The van der Waals surface area contributed by atoms with Crippen LogP contribution >= 0.6 is 0 Å². The number of carbonyl (C=O) groups is 2. The van der Waals surface area contributed by atoms with E-state index in [1.807, 2.05) is 20.8 Å². The fraction of sp³-hybridized carbons (Fsp3) is 0.750. The van der Waals surface area contributed by atoms with Crippen LogP contribution in [0.2, 0.25) is 18.1 Å². The summed E-state index contributed by atoms with van der Waals surface area (Å²) in [7, 11) is -1.94. The molecule has 0 amide bonds. The highest BCUT2D eigenvalue weighted by molar-refractivity contribution is 6.74. The summed E-state index contributed by atoms with van der Waals surface area (Å²) in [5, 5.41) is 0.115. The number of hydrogen-bond donors (Lipinski definition) is 0. The second kappa shape index (κ2) is 10.7. The Labute approximate surface area is 179 Å². The van der Waals surface area contributed by atoms with Gasteiger partial charge >= 0.3 is 5.97 Å². The van der Waals surface area contributed by atoms with E-state index < -0.39 is 8.32 Å². The molecule has 0 aliphatic heterocycles. The number of allylic oxidation sites excluding steroid dienone is 2. The first-order valence-electron chi connectivity index (χ1n) is 11.0. The lowest BCUT2D eigenvalue weighted by Gasteiger charge is -2.40. The Morgan fingerprint density at radius 1 is 1.28 bits per heavy atom. The van der Waals surface area contributed by atoms with Crippen LogP contribution in [-0.4, -0.2) is 32.3 Å². The van der Waals surface area contributed by atoms with Crippen molar-refractivity contribution in [1.82, 2.24) is 0 Å². The summed E-state index contributed by atoms with van der Waals surface area (Å²) in [6.07, 6.45) is 7.26. The van der Waals surface area contributed by atoms with Crippen molar-refractivity contribution in [3.8, 4) is 0 Å². The highest BCUT2D eigenvalue weighted by Gasteiger charge is 2.47. The van der Waals surface area contributed by atoms with Crippen LogP contribution < -0.4 is 0 Å². The summed E-state index contributed by atoms with van der Waals surface area (Å²) in [6.45, 7) is 21.1. The maximum Gasteiger partial charge on any atom is 0.306 e. The summed E-state index contributed by atoms with van der Waals surface area (Å²) in [5.74, 6) is 0.172. The van der Waals surface area contributed by atoms with Crippen molar-refractivity contribution in [1.29, 1.82) is 0 Å². The number of unbranched alkanes of at least 4 members (excludes halogenated alkanes) is 1. The quantitative estimate of drug-likeness (QED) is 0.181. The van der Waals surface area contributed by atoms with Gasteiger partial charge in [0.25, 0.3) is 0 Å².